The van der Waals surface area contributed by atoms with E-state index in [-0.39, 0.29) is 17.3 Å². The summed E-state index contributed by atoms with van der Waals surface area (Å²) in [6.07, 6.45) is 0. The first-order chi connectivity index (χ1) is 9.54. The second-order valence-electron chi connectivity index (χ2n) is 4.27. The van der Waals surface area contributed by atoms with Gasteiger partial charge >= 0.3 is 0 Å². The Morgan fingerprint density at radius 1 is 1.30 bits per heavy atom. The molecule has 2 aromatic carbocycles. The van der Waals surface area contributed by atoms with Gasteiger partial charge in [0.25, 0.3) is 5.91 Å². The number of benzene rings is 2. The van der Waals surface area contributed by atoms with Crippen molar-refractivity contribution in [3.63, 3.8) is 0 Å². The van der Waals surface area contributed by atoms with E-state index in [0.717, 1.165) is 0 Å². The summed E-state index contributed by atoms with van der Waals surface area (Å²) in [6, 6.07) is 11.5. The first-order valence-electron chi connectivity index (χ1n) is 6.19. The second kappa shape index (κ2) is 5.84. The van der Waals surface area contributed by atoms with Gasteiger partial charge in [-0.2, -0.15) is 0 Å². The predicted octanol–water partition coefficient (Wildman–Crippen LogP) is 3.29. The summed E-state index contributed by atoms with van der Waals surface area (Å²) in [4.78, 5) is 14.1. The van der Waals surface area contributed by atoms with E-state index in [9.17, 15) is 9.90 Å². The van der Waals surface area contributed by atoms with Gasteiger partial charge in [-0.1, -0.05) is 23.7 Å². The van der Waals surface area contributed by atoms with Crippen molar-refractivity contribution in [3.8, 4) is 5.75 Å². The number of para-hydroxylation sites is 1. The molecule has 0 radical (unpaired) electrons. The molecule has 0 heterocycles. The smallest absolute Gasteiger partial charge is 0.260 e. The lowest BCUT2D eigenvalue weighted by atomic mass is 10.1. The van der Waals surface area contributed by atoms with E-state index < -0.39 is 0 Å². The Bertz CT molecular complexity index is 644. The summed E-state index contributed by atoms with van der Waals surface area (Å²) < 4.78 is 0. The van der Waals surface area contributed by atoms with Gasteiger partial charge in [0.1, 0.15) is 5.75 Å². The molecule has 3 N–H and O–H groups in total. The molecule has 0 fully saturated rings. The number of amides is 1. The number of halogens is 1. The number of phenolic OH excluding ortho intramolecular Hbond substituents is 1. The number of aromatic hydroxyl groups is 1. The predicted molar refractivity (Wildman–Crippen MR) is 81.3 cm³/mol. The first-order valence-corrected chi connectivity index (χ1v) is 6.57. The molecule has 0 atom stereocenters. The zero-order valence-corrected chi connectivity index (χ0v) is 11.8. The minimum absolute atomic E-state index is 0.104. The van der Waals surface area contributed by atoms with Gasteiger partial charge in [-0.15, -0.1) is 0 Å². The van der Waals surface area contributed by atoms with Gasteiger partial charge in [-0.25, -0.2) is 0 Å². The van der Waals surface area contributed by atoms with Gasteiger partial charge in [-0.3, -0.25) is 4.79 Å². The molecule has 104 valence electrons. The summed E-state index contributed by atoms with van der Waals surface area (Å²) in [5.74, 6) is -0.147. The molecule has 0 saturated carbocycles. The van der Waals surface area contributed by atoms with Crippen LogP contribution in [0.5, 0.6) is 5.75 Å². The number of hydrogen-bond donors (Lipinski definition) is 2. The maximum Gasteiger partial charge on any atom is 0.260 e. The zero-order valence-electron chi connectivity index (χ0n) is 11.0. The van der Waals surface area contributed by atoms with Crippen LogP contribution in [-0.2, 0) is 0 Å². The molecule has 5 heteroatoms. The Labute approximate surface area is 122 Å². The van der Waals surface area contributed by atoms with Crippen molar-refractivity contribution in [2.45, 2.75) is 6.92 Å². The molecule has 0 aromatic heterocycles. The number of anilines is 2. The van der Waals surface area contributed by atoms with Crippen molar-refractivity contribution in [1.82, 2.24) is 0 Å². The fourth-order valence-electron chi connectivity index (χ4n) is 1.97. The van der Waals surface area contributed by atoms with E-state index in [1.54, 1.807) is 36.4 Å². The van der Waals surface area contributed by atoms with E-state index in [1.165, 1.54) is 11.0 Å². The molecule has 20 heavy (non-hydrogen) atoms. The highest BCUT2D eigenvalue weighted by molar-refractivity contribution is 6.34. The van der Waals surface area contributed by atoms with Gasteiger partial charge in [0.15, 0.2) is 0 Å². The van der Waals surface area contributed by atoms with Gasteiger partial charge in [0, 0.05) is 18.3 Å². The third-order valence-electron chi connectivity index (χ3n) is 2.99. The molecule has 1 amide bonds. The van der Waals surface area contributed by atoms with Crippen LogP contribution < -0.4 is 10.6 Å². The molecule has 0 unspecified atom stereocenters. The van der Waals surface area contributed by atoms with Gasteiger partial charge in [-0.05, 0) is 31.2 Å². The molecular weight excluding hydrogens is 276 g/mol. The Balaban J connectivity index is 2.42. The largest absolute Gasteiger partial charge is 0.508 e. The molecule has 0 bridgehead atoms. The number of nitrogen functional groups attached to an aromatic ring is 1. The van der Waals surface area contributed by atoms with Crippen LogP contribution in [0.2, 0.25) is 5.02 Å². The lowest BCUT2D eigenvalue weighted by molar-refractivity contribution is 0.0989. The standard InChI is InChI=1S/C15H15ClN2O2/c1-2-18(10-5-3-6-11(19)9-10)15(20)12-7-4-8-13(16)14(12)17/h3-9,19H,2,17H2,1H3. The average Bonchev–Trinajstić information content (AvgIpc) is 2.42. The minimum atomic E-state index is -0.252. The van der Waals surface area contributed by atoms with Crippen molar-refractivity contribution < 1.29 is 9.90 Å². The summed E-state index contributed by atoms with van der Waals surface area (Å²) in [5, 5.41) is 9.87. The van der Waals surface area contributed by atoms with Crippen LogP contribution in [0.25, 0.3) is 0 Å². The maximum atomic E-state index is 12.6. The highest BCUT2D eigenvalue weighted by Crippen LogP contribution is 2.27. The van der Waals surface area contributed by atoms with Crippen LogP contribution in [0.4, 0.5) is 11.4 Å². The zero-order chi connectivity index (χ0) is 14.7. The minimum Gasteiger partial charge on any atom is -0.508 e. The van der Waals surface area contributed by atoms with E-state index in [4.69, 9.17) is 17.3 Å². The molecular formula is C15H15ClN2O2. The molecule has 0 aliphatic rings. The number of hydrogen-bond acceptors (Lipinski definition) is 3. The monoisotopic (exact) mass is 290 g/mol. The normalized spacial score (nSPS) is 10.3. The van der Waals surface area contributed by atoms with Gasteiger partial charge in [0.2, 0.25) is 0 Å². The third kappa shape index (κ3) is 2.70. The Morgan fingerprint density at radius 2 is 2.00 bits per heavy atom. The van der Waals surface area contributed by atoms with Crippen LogP contribution in [0, 0.1) is 0 Å². The molecule has 0 aliphatic carbocycles. The van der Waals surface area contributed by atoms with Crippen LogP contribution >= 0.6 is 11.6 Å². The summed E-state index contributed by atoms with van der Waals surface area (Å²) in [7, 11) is 0. The van der Waals surface area contributed by atoms with Crippen LogP contribution in [0.1, 0.15) is 17.3 Å². The SMILES string of the molecule is CCN(C(=O)c1cccc(Cl)c1N)c1cccc(O)c1. The van der Waals surface area contributed by atoms with E-state index in [2.05, 4.69) is 0 Å². The lowest BCUT2D eigenvalue weighted by Crippen LogP contribution is -2.31. The number of nitrogens with two attached hydrogens (primary N) is 1. The van der Waals surface area contributed by atoms with Gasteiger partial charge in [0.05, 0.1) is 16.3 Å². The number of rotatable bonds is 3. The van der Waals surface area contributed by atoms with E-state index in [1.807, 2.05) is 6.92 Å². The number of carbonyl (C=O) groups excluding carboxylic acids is 1. The third-order valence-corrected chi connectivity index (χ3v) is 3.32. The molecule has 0 saturated heterocycles. The fraction of sp³-hybridized carbons (Fsp3) is 0.133. The van der Waals surface area contributed by atoms with E-state index in [0.29, 0.717) is 22.8 Å². The van der Waals surface area contributed by atoms with Crippen LogP contribution in [0.15, 0.2) is 42.5 Å². The Morgan fingerprint density at radius 3 is 2.65 bits per heavy atom. The van der Waals surface area contributed by atoms with Gasteiger partial charge < -0.3 is 15.7 Å². The molecule has 2 aromatic rings. The summed E-state index contributed by atoms with van der Waals surface area (Å²) in [5.41, 5.74) is 7.07. The maximum absolute atomic E-state index is 12.6. The van der Waals surface area contributed by atoms with E-state index >= 15 is 0 Å². The van der Waals surface area contributed by atoms with Crippen molar-refractivity contribution in [2.24, 2.45) is 0 Å². The van der Waals surface area contributed by atoms with Crippen molar-refractivity contribution >= 4 is 28.9 Å². The van der Waals surface area contributed by atoms with Crippen molar-refractivity contribution in [1.29, 1.82) is 0 Å². The fourth-order valence-corrected chi connectivity index (χ4v) is 2.15. The Hall–Kier alpha value is -2.20. The molecule has 0 aliphatic heterocycles. The Kier molecular flexibility index (Phi) is 4.15. The quantitative estimate of drug-likeness (QED) is 0.852. The highest BCUT2D eigenvalue weighted by Gasteiger charge is 2.19. The lowest BCUT2D eigenvalue weighted by Gasteiger charge is -2.22. The topological polar surface area (TPSA) is 66.6 Å². The summed E-state index contributed by atoms with van der Waals surface area (Å²) in [6.45, 7) is 2.30. The molecule has 4 nitrogen and oxygen atoms in total. The van der Waals surface area contributed by atoms with Crippen LogP contribution in [-0.4, -0.2) is 17.6 Å². The first kappa shape index (κ1) is 14.2. The number of nitrogens with zero attached hydrogens (tertiary/aromatic N) is 1. The van der Waals surface area contributed by atoms with Crippen molar-refractivity contribution in [2.75, 3.05) is 17.2 Å². The second-order valence-corrected chi connectivity index (χ2v) is 4.68. The molecule has 2 rings (SSSR count). The molecule has 0 spiro atoms. The van der Waals surface area contributed by atoms with Crippen LogP contribution in [0.3, 0.4) is 0 Å². The average molecular weight is 291 g/mol. The highest BCUT2D eigenvalue weighted by atomic mass is 35.5. The summed E-state index contributed by atoms with van der Waals surface area (Å²) >= 11 is 5.94. The number of phenols is 1. The number of carbonyl (C=O) groups is 1. The van der Waals surface area contributed by atoms with Crippen molar-refractivity contribution in [3.05, 3.63) is 53.1 Å².